The highest BCUT2D eigenvalue weighted by atomic mass is 16.5. The molecule has 1 N–H and O–H groups in total. The Balaban J connectivity index is 1.64. The van der Waals surface area contributed by atoms with Gasteiger partial charge in [0.15, 0.2) is 0 Å². The molecule has 26 heavy (non-hydrogen) atoms. The second-order valence-electron chi connectivity index (χ2n) is 6.33. The van der Waals surface area contributed by atoms with Crippen LogP contribution in [0.15, 0.2) is 54.9 Å². The number of hydrogen-bond acceptors (Lipinski definition) is 4. The molecule has 0 saturated carbocycles. The highest BCUT2D eigenvalue weighted by molar-refractivity contribution is 5.88. The molecule has 136 valence electrons. The van der Waals surface area contributed by atoms with E-state index in [2.05, 4.69) is 10.3 Å². The van der Waals surface area contributed by atoms with Crippen LogP contribution >= 0.6 is 0 Å². The van der Waals surface area contributed by atoms with Gasteiger partial charge in [-0.1, -0.05) is 30.3 Å². The average Bonchev–Trinajstić information content (AvgIpc) is 3.11. The molecule has 0 spiro atoms. The molecule has 1 aromatic heterocycles. The van der Waals surface area contributed by atoms with E-state index >= 15 is 0 Å². The number of benzene rings is 1. The number of carbonyl (C=O) groups excluding carboxylic acids is 2. The Kier molecular flexibility index (Phi) is 5.84. The molecule has 6 heteroatoms. The van der Waals surface area contributed by atoms with Gasteiger partial charge in [0, 0.05) is 26.1 Å². The summed E-state index contributed by atoms with van der Waals surface area (Å²) in [6.45, 7) is 0.403. The van der Waals surface area contributed by atoms with Crippen molar-refractivity contribution in [3.05, 3.63) is 60.4 Å². The third-order valence-corrected chi connectivity index (χ3v) is 4.54. The minimum absolute atomic E-state index is 0.0280. The molecule has 1 aliphatic heterocycles. The number of nitrogens with zero attached hydrogens (tertiary/aromatic N) is 2. The SMILES string of the molecule is CNC(=O)[C@@H]1C[C@H](Oc2cccnc2)CN1C(=O)CCc1ccccc1. The molecule has 1 aliphatic rings. The standard InChI is InChI=1S/C20H23N3O3/c1-21-20(25)18-12-17(26-16-8-5-11-22-13-16)14-23(18)19(24)10-9-15-6-3-2-4-7-15/h2-8,11,13,17-18H,9-10,12,14H2,1H3,(H,21,25)/t17-,18-/m0/s1. The Labute approximate surface area is 153 Å². The van der Waals surface area contributed by atoms with Gasteiger partial charge in [-0.15, -0.1) is 0 Å². The van der Waals surface area contributed by atoms with Gasteiger partial charge in [-0.05, 0) is 24.1 Å². The molecule has 0 bridgehead atoms. The molecule has 2 atom stereocenters. The second-order valence-corrected chi connectivity index (χ2v) is 6.33. The van der Waals surface area contributed by atoms with Crippen LogP contribution in [0.3, 0.4) is 0 Å². The Morgan fingerprint density at radius 3 is 2.73 bits per heavy atom. The molecule has 2 heterocycles. The third-order valence-electron chi connectivity index (χ3n) is 4.54. The zero-order valence-corrected chi connectivity index (χ0v) is 14.8. The van der Waals surface area contributed by atoms with Crippen molar-refractivity contribution >= 4 is 11.8 Å². The van der Waals surface area contributed by atoms with Crippen molar-refractivity contribution in [2.75, 3.05) is 13.6 Å². The lowest BCUT2D eigenvalue weighted by molar-refractivity contribution is -0.138. The minimum Gasteiger partial charge on any atom is -0.487 e. The molecule has 2 amide bonds. The summed E-state index contributed by atoms with van der Waals surface area (Å²) in [5, 5.41) is 2.65. The van der Waals surface area contributed by atoms with Gasteiger partial charge in [-0.2, -0.15) is 0 Å². The summed E-state index contributed by atoms with van der Waals surface area (Å²) >= 11 is 0. The van der Waals surface area contributed by atoms with Crippen molar-refractivity contribution < 1.29 is 14.3 Å². The number of pyridine rings is 1. The van der Waals surface area contributed by atoms with E-state index in [1.165, 1.54) is 0 Å². The van der Waals surface area contributed by atoms with Gasteiger partial charge in [-0.25, -0.2) is 0 Å². The van der Waals surface area contributed by atoms with Crippen molar-refractivity contribution in [1.29, 1.82) is 0 Å². The van der Waals surface area contributed by atoms with E-state index in [4.69, 9.17) is 4.74 Å². The van der Waals surface area contributed by atoms with E-state index in [1.807, 2.05) is 36.4 Å². The van der Waals surface area contributed by atoms with Gasteiger partial charge < -0.3 is 15.0 Å². The van der Waals surface area contributed by atoms with Crippen molar-refractivity contribution in [2.24, 2.45) is 0 Å². The normalized spacial score (nSPS) is 19.2. The fraction of sp³-hybridized carbons (Fsp3) is 0.350. The molecule has 0 unspecified atom stereocenters. The second kappa shape index (κ2) is 8.47. The van der Waals surface area contributed by atoms with Gasteiger partial charge in [0.2, 0.25) is 11.8 Å². The average molecular weight is 353 g/mol. The molecular weight excluding hydrogens is 330 g/mol. The molecule has 0 aliphatic carbocycles. The quantitative estimate of drug-likeness (QED) is 0.860. The van der Waals surface area contributed by atoms with Crippen molar-refractivity contribution in [3.63, 3.8) is 0 Å². The molecule has 1 fully saturated rings. The van der Waals surface area contributed by atoms with Crippen molar-refractivity contribution in [3.8, 4) is 5.75 Å². The van der Waals surface area contributed by atoms with Crippen molar-refractivity contribution in [1.82, 2.24) is 15.2 Å². The maximum Gasteiger partial charge on any atom is 0.242 e. The maximum atomic E-state index is 12.7. The van der Waals surface area contributed by atoms with Crippen LogP contribution in [-0.4, -0.2) is 47.4 Å². The van der Waals surface area contributed by atoms with Crippen molar-refractivity contribution in [2.45, 2.75) is 31.4 Å². The van der Waals surface area contributed by atoms with E-state index in [9.17, 15) is 9.59 Å². The maximum absolute atomic E-state index is 12.7. The smallest absolute Gasteiger partial charge is 0.242 e. The number of hydrogen-bond donors (Lipinski definition) is 1. The van der Waals surface area contributed by atoms with Crippen LogP contribution in [0.5, 0.6) is 5.75 Å². The topological polar surface area (TPSA) is 71.5 Å². The molecule has 1 aromatic carbocycles. The lowest BCUT2D eigenvalue weighted by Crippen LogP contribution is -2.45. The van der Waals surface area contributed by atoms with Crippen LogP contribution in [0.1, 0.15) is 18.4 Å². The molecule has 6 nitrogen and oxygen atoms in total. The first kappa shape index (κ1) is 17.9. The number of nitrogens with one attached hydrogen (secondary N) is 1. The molecule has 2 aromatic rings. The van der Waals surface area contributed by atoms with Crippen LogP contribution in [0.4, 0.5) is 0 Å². The number of aryl methyl sites for hydroxylation is 1. The number of aromatic nitrogens is 1. The summed E-state index contributed by atoms with van der Waals surface area (Å²) in [4.78, 5) is 30.6. The summed E-state index contributed by atoms with van der Waals surface area (Å²) < 4.78 is 5.91. The lowest BCUT2D eigenvalue weighted by atomic mass is 10.1. The molecule has 0 radical (unpaired) electrons. The highest BCUT2D eigenvalue weighted by Gasteiger charge is 2.40. The number of carbonyl (C=O) groups is 2. The summed E-state index contributed by atoms with van der Waals surface area (Å²) in [6, 6.07) is 13.0. The van der Waals surface area contributed by atoms with Gasteiger partial charge in [0.1, 0.15) is 17.9 Å². The van der Waals surface area contributed by atoms with Crippen LogP contribution in [0.2, 0.25) is 0 Å². The summed E-state index contributed by atoms with van der Waals surface area (Å²) in [7, 11) is 1.59. The fourth-order valence-electron chi connectivity index (χ4n) is 3.22. The van der Waals surface area contributed by atoms with Crippen LogP contribution < -0.4 is 10.1 Å². The fourth-order valence-corrected chi connectivity index (χ4v) is 3.22. The Bertz CT molecular complexity index is 736. The predicted molar refractivity (Wildman–Crippen MR) is 97.6 cm³/mol. The number of likely N-dealkylation sites (N-methyl/N-ethyl adjacent to an activating group) is 1. The minimum atomic E-state index is -0.495. The lowest BCUT2D eigenvalue weighted by Gasteiger charge is -2.23. The van der Waals surface area contributed by atoms with Gasteiger partial charge >= 0.3 is 0 Å². The Morgan fingerprint density at radius 2 is 2.04 bits per heavy atom. The summed E-state index contributed by atoms with van der Waals surface area (Å²) in [5.74, 6) is 0.460. The number of amides is 2. The largest absolute Gasteiger partial charge is 0.487 e. The number of ether oxygens (including phenoxy) is 1. The zero-order chi connectivity index (χ0) is 18.4. The Morgan fingerprint density at radius 1 is 1.23 bits per heavy atom. The number of rotatable bonds is 6. The number of likely N-dealkylation sites (tertiary alicyclic amines) is 1. The van der Waals surface area contributed by atoms with Gasteiger partial charge in [0.25, 0.3) is 0 Å². The monoisotopic (exact) mass is 353 g/mol. The first-order chi connectivity index (χ1) is 12.7. The van der Waals surface area contributed by atoms with Gasteiger partial charge in [-0.3, -0.25) is 14.6 Å². The first-order valence-corrected chi connectivity index (χ1v) is 8.79. The van der Waals surface area contributed by atoms with Crippen LogP contribution in [0, 0.1) is 0 Å². The van der Waals surface area contributed by atoms with Crippen LogP contribution in [-0.2, 0) is 16.0 Å². The van der Waals surface area contributed by atoms with Crippen LogP contribution in [0.25, 0.3) is 0 Å². The zero-order valence-electron chi connectivity index (χ0n) is 14.8. The Hall–Kier alpha value is -2.89. The summed E-state index contributed by atoms with van der Waals surface area (Å²) in [6.07, 6.45) is 4.60. The highest BCUT2D eigenvalue weighted by Crippen LogP contribution is 2.24. The van der Waals surface area contributed by atoms with E-state index in [0.29, 0.717) is 31.6 Å². The first-order valence-electron chi connectivity index (χ1n) is 8.79. The molecule has 1 saturated heterocycles. The third kappa shape index (κ3) is 4.39. The van der Waals surface area contributed by atoms with E-state index < -0.39 is 6.04 Å². The van der Waals surface area contributed by atoms with E-state index in [-0.39, 0.29) is 17.9 Å². The molecule has 3 rings (SSSR count). The predicted octanol–water partition coefficient (Wildman–Crippen LogP) is 1.81. The van der Waals surface area contributed by atoms with E-state index in [1.54, 1.807) is 30.4 Å². The van der Waals surface area contributed by atoms with Gasteiger partial charge in [0.05, 0.1) is 12.7 Å². The summed E-state index contributed by atoms with van der Waals surface area (Å²) in [5.41, 5.74) is 1.11. The van der Waals surface area contributed by atoms with E-state index in [0.717, 1.165) is 5.56 Å². The molecular formula is C20H23N3O3.